The van der Waals surface area contributed by atoms with Crippen molar-refractivity contribution in [3.8, 4) is 32.3 Å². The van der Waals surface area contributed by atoms with Crippen LogP contribution in [0, 0.1) is 38.2 Å². The summed E-state index contributed by atoms with van der Waals surface area (Å²) < 4.78 is 89.8. The molecule has 45 heteroatoms. The fourth-order valence-corrected chi connectivity index (χ4v) is 18.3. The Kier molecular flexibility index (Phi) is 37.3. The summed E-state index contributed by atoms with van der Waals surface area (Å²) in [5.41, 5.74) is -5.46. The van der Waals surface area contributed by atoms with Gasteiger partial charge in [-0.3, -0.25) is 42.5 Å². The Bertz CT molecular complexity index is 6860. The number of rotatable bonds is 40. The van der Waals surface area contributed by atoms with Gasteiger partial charge in [-0.1, -0.05) is 94.7 Å². The average molecular weight is 1960 g/mol. The number of hydrogen-bond acceptors (Lipinski definition) is 32. The number of ether oxygens (including phenoxy) is 7. The number of carboxylic acid groups (broad SMARTS) is 1. The van der Waals surface area contributed by atoms with Gasteiger partial charge in [-0.2, -0.15) is 30.6 Å². The molecule has 0 aliphatic heterocycles. The van der Waals surface area contributed by atoms with E-state index in [4.69, 9.17) is 44.2 Å². The van der Waals surface area contributed by atoms with Gasteiger partial charge in [0, 0.05) is 80.1 Å². The predicted molar refractivity (Wildman–Crippen MR) is 502 cm³/mol. The molecule has 0 amide bonds. The summed E-state index contributed by atoms with van der Waals surface area (Å²) >= 11 is 3.31. The topological polar surface area (TPSA) is 497 Å². The summed E-state index contributed by atoms with van der Waals surface area (Å²) in [5, 5.41) is 81.4. The van der Waals surface area contributed by atoms with Gasteiger partial charge < -0.3 is 63.8 Å². The summed E-state index contributed by atoms with van der Waals surface area (Å²) in [6, 6.07) is 30.9. The first kappa shape index (κ1) is 106. The van der Waals surface area contributed by atoms with Crippen molar-refractivity contribution in [3.63, 3.8) is 0 Å². The number of hydrogen-bond donors (Lipinski definition) is 7. The third-order valence-electron chi connectivity index (χ3n) is 22.0. The first-order valence-corrected chi connectivity index (χ1v) is 45.0. The van der Waals surface area contributed by atoms with Crippen molar-refractivity contribution in [1.29, 1.82) is 0 Å². The van der Waals surface area contributed by atoms with Crippen LogP contribution in [0.4, 0.5) is 13.2 Å². The Hall–Kier alpha value is -13.0. The lowest BCUT2D eigenvalue weighted by Crippen LogP contribution is -2.53. The fourth-order valence-electron chi connectivity index (χ4n) is 14.7. The number of carboxylic acids is 1. The number of thiophene rings is 3. The first-order valence-electron chi connectivity index (χ1n) is 42.6. The minimum atomic E-state index is -1.90. The van der Waals surface area contributed by atoms with Crippen molar-refractivity contribution in [2.75, 3.05) is 81.3 Å². The molecule has 0 fully saturated rings. The van der Waals surface area contributed by atoms with E-state index in [0.717, 1.165) is 61.4 Å². The normalized spacial score (nSPS) is 12.2. The number of methoxy groups -OCH3 is 3. The van der Waals surface area contributed by atoms with Crippen LogP contribution in [0.3, 0.4) is 0 Å². The zero-order valence-electron chi connectivity index (χ0n) is 77.2. The lowest BCUT2D eigenvalue weighted by atomic mass is 9.99. The zero-order chi connectivity index (χ0) is 99.9. The Labute approximate surface area is 792 Å². The molecule has 0 bridgehead atoms. The van der Waals surface area contributed by atoms with Crippen LogP contribution in [0.1, 0.15) is 124 Å². The highest BCUT2D eigenvalue weighted by Gasteiger charge is 2.41. The number of carbonyl (C=O) groups excluding carboxylic acids is 2. The van der Waals surface area contributed by atoms with Crippen LogP contribution < -0.4 is 53.9 Å². The van der Waals surface area contributed by atoms with E-state index >= 15 is 0 Å². The highest BCUT2D eigenvalue weighted by Crippen LogP contribution is 2.40. The molecule has 732 valence electrons. The Morgan fingerprint density at radius 2 is 0.723 bits per heavy atom. The average Bonchev–Trinajstić information content (AvgIpc) is 1.60. The third kappa shape index (κ3) is 23.8. The maximum Gasteiger partial charge on any atom is 0.333 e. The molecule has 0 saturated carbocycles. The maximum atomic E-state index is 14.6. The third-order valence-corrected chi connectivity index (χ3v) is 25.9. The molecule has 0 aliphatic rings. The minimum Gasteiger partial charge on any atom is -0.496 e. The van der Waals surface area contributed by atoms with E-state index in [1.165, 1.54) is 183 Å². The SMILES string of the molecule is CO.COc1ccc(F)cc1[C@H](Cn1c(=O)n(C(C)(C)C(=O)CO)c(=O)c2c(C)c(-n3nccn3)sc21)OCCCO.COc1ccc(F)cc1[C@H](Cn1c(=O)n(C(C)(C)C(=O)COCc2ccccc2)c(=O)c2c(C)c(-n3nccn3)sc21)OCCCO.COc1ccc(F)cc1[C@H](Cn1c(=O)n(C(C)(C)C(=O)O)c(=O)c2c(C)c(-n3nccn3)sc21)OCCCO.NOCc1ccccc1. The molecule has 9 aromatic heterocycles. The standard InChI is InChI=1S/C33H36FN5O7S.C26H30FN5O7S.C25H28FN5O7S.C7H9NO.CH4O/c1-21-28-29(42)38(33(2,3)27(41)20-45-19-22-9-6-5-7-10-22)32(43)37(31(28)47-30(21)39-35-13-14-36-39)18-26(46-16-8-15-40)24-17-23(34)11-12-25(24)44-4;1-15-21-22(36)31(26(2,3)20(35)14-34)25(37)30(24(21)40-23(15)32-28-8-9-29-32)13-19(39-11-5-10-33)17-12-16(27)6-7-18(17)38-4;1-14-19-20(33)30(25(2,3)23(34)35)24(36)29(22(19)39-21(14)31-27-8-9-28-31)13-18(38-11-5-10-32)16-12-15(26)6-7-17(16)37-4;8-9-6-7-4-2-1-3-5-7;1-2/h5-7,9-14,17,26,40H,8,15-16,18-20H2,1-4H3;6-9,12,19,33-34H,5,10-11,13-14H2,1-4H3;6-9,12,18,32H,5,10-11,13H2,1-4H3,(H,34,35);1-5H,6,8H2;2H,1H3/t26-;19-;18-;;/m000../s1. The number of carbonyl (C=O) groups is 3. The molecule has 8 N–H and O–H groups in total. The molecule has 14 aromatic rings. The summed E-state index contributed by atoms with van der Waals surface area (Å²) in [6.45, 7) is 12.0. The Balaban J connectivity index is 0.000000201. The fraction of sp³-hybridized carbons (Fsp3) is 0.380. The first-order chi connectivity index (χ1) is 65.6. The predicted octanol–water partition coefficient (Wildman–Crippen LogP) is 8.53. The summed E-state index contributed by atoms with van der Waals surface area (Å²) in [7, 11) is 5.26. The van der Waals surface area contributed by atoms with Gasteiger partial charge in [0.15, 0.2) is 11.6 Å². The van der Waals surface area contributed by atoms with Crippen LogP contribution in [-0.4, -0.2) is 202 Å². The summed E-state index contributed by atoms with van der Waals surface area (Å²) in [4.78, 5) is 132. The van der Waals surface area contributed by atoms with Gasteiger partial charge in [-0.05, 0) is 147 Å². The van der Waals surface area contributed by atoms with E-state index in [0.29, 0.717) is 81.6 Å². The van der Waals surface area contributed by atoms with Gasteiger partial charge in [0.25, 0.3) is 16.7 Å². The molecular weight excluding hydrogens is 1850 g/mol. The monoisotopic (exact) mass is 1960 g/mol. The molecule has 0 radical (unpaired) electrons. The second-order valence-electron chi connectivity index (χ2n) is 31.9. The molecule has 9 heterocycles. The molecule has 39 nitrogen and oxygen atoms in total. The highest BCUT2D eigenvalue weighted by atomic mass is 32.1. The number of nitrogens with two attached hydrogens (primary N) is 1. The number of aromatic nitrogens is 15. The number of aliphatic hydroxyl groups is 5. The molecule has 5 aromatic carbocycles. The van der Waals surface area contributed by atoms with Gasteiger partial charge in [0.1, 0.15) is 112 Å². The molecule has 0 aliphatic carbocycles. The van der Waals surface area contributed by atoms with E-state index in [9.17, 15) is 81.9 Å². The van der Waals surface area contributed by atoms with Gasteiger partial charge in [0.2, 0.25) is 0 Å². The number of fused-ring (bicyclic) bond motifs is 3. The lowest BCUT2D eigenvalue weighted by Gasteiger charge is -2.27. The molecule has 0 spiro atoms. The highest BCUT2D eigenvalue weighted by molar-refractivity contribution is 7.22. The van der Waals surface area contributed by atoms with Crippen LogP contribution >= 0.6 is 34.0 Å². The molecule has 0 unspecified atom stereocenters. The largest absolute Gasteiger partial charge is 0.496 e. The zero-order valence-corrected chi connectivity index (χ0v) is 79.7. The number of Topliss-reactive ketones (excluding diaryl/α,β-unsaturated/α-hetero) is 2. The van der Waals surface area contributed by atoms with Crippen LogP contribution in [0.5, 0.6) is 17.2 Å². The Morgan fingerprint density at radius 3 is 1.00 bits per heavy atom. The van der Waals surface area contributed by atoms with E-state index < -0.39 is 110 Å². The lowest BCUT2D eigenvalue weighted by molar-refractivity contribution is -0.146. The number of ketones is 2. The molecule has 137 heavy (non-hydrogen) atoms. The van der Waals surface area contributed by atoms with Crippen molar-refractivity contribution >= 4 is 82.2 Å². The van der Waals surface area contributed by atoms with Crippen LogP contribution in [0.25, 0.3) is 45.7 Å². The van der Waals surface area contributed by atoms with Gasteiger partial charge in [0.05, 0.1) is 108 Å². The maximum absolute atomic E-state index is 14.6. The van der Waals surface area contributed by atoms with Gasteiger partial charge >= 0.3 is 23.0 Å². The minimum absolute atomic E-state index is 0.0743. The van der Waals surface area contributed by atoms with Crippen molar-refractivity contribution < 1.29 is 96.2 Å². The van der Waals surface area contributed by atoms with E-state index in [2.05, 4.69) is 35.4 Å². The summed E-state index contributed by atoms with van der Waals surface area (Å²) in [5.74, 6) is 1.55. The molecular formula is C92H107F3N16O23S3. The number of aliphatic hydroxyl groups excluding tert-OH is 5. The molecule has 3 atom stereocenters. The molecule has 0 saturated heterocycles. The number of aliphatic carboxylic acids is 1. The second-order valence-corrected chi connectivity index (χ2v) is 34.9. The molecule has 14 rings (SSSR count). The van der Waals surface area contributed by atoms with Crippen LogP contribution in [-0.2, 0) is 87.6 Å². The number of halogens is 3. The van der Waals surface area contributed by atoms with Crippen LogP contribution in [0.2, 0.25) is 0 Å². The van der Waals surface area contributed by atoms with E-state index in [-0.39, 0.29) is 118 Å². The van der Waals surface area contributed by atoms with Crippen molar-refractivity contribution in [1.82, 2.24) is 72.4 Å². The van der Waals surface area contributed by atoms with Crippen molar-refractivity contribution in [2.24, 2.45) is 5.90 Å². The van der Waals surface area contributed by atoms with Gasteiger partial charge in [-0.25, -0.2) is 51.9 Å². The number of nitrogens with zero attached hydrogens (tertiary/aromatic N) is 15. The second kappa shape index (κ2) is 48.1. The van der Waals surface area contributed by atoms with Crippen LogP contribution in [0.15, 0.2) is 181 Å². The van der Waals surface area contributed by atoms with E-state index in [1.54, 1.807) is 20.8 Å². The quantitative estimate of drug-likeness (QED) is 0.0140. The summed E-state index contributed by atoms with van der Waals surface area (Å²) in [6.07, 6.45) is 6.84. The number of aryl methyl sites for hydroxylation is 3. The van der Waals surface area contributed by atoms with Gasteiger partial charge in [-0.15, -0.1) is 14.4 Å². The number of benzene rings is 5. The Morgan fingerprint density at radius 1 is 0.431 bits per heavy atom. The smallest absolute Gasteiger partial charge is 0.333 e. The van der Waals surface area contributed by atoms with Crippen molar-refractivity contribution in [3.05, 3.63) is 277 Å². The van der Waals surface area contributed by atoms with E-state index in [1.807, 2.05) is 60.7 Å². The van der Waals surface area contributed by atoms with Crippen molar-refractivity contribution in [2.45, 2.75) is 149 Å².